The van der Waals surface area contributed by atoms with Crippen molar-refractivity contribution >= 4 is 57.6 Å². The fourth-order valence-electron chi connectivity index (χ4n) is 3.10. The van der Waals surface area contributed by atoms with Crippen molar-refractivity contribution < 1.29 is 24.2 Å². The van der Waals surface area contributed by atoms with E-state index in [1.165, 1.54) is 24.3 Å². The molecule has 1 aliphatic heterocycles. The molecule has 3 aromatic rings. The lowest BCUT2D eigenvalue weighted by Gasteiger charge is -2.12. The Morgan fingerprint density at radius 3 is 2.41 bits per heavy atom. The van der Waals surface area contributed by atoms with Gasteiger partial charge >= 0.3 is 5.69 Å². The zero-order chi connectivity index (χ0) is 24.4. The second-order valence-corrected chi connectivity index (χ2v) is 8.27. The molecule has 0 aliphatic carbocycles. The number of imide groups is 1. The molecule has 12 heteroatoms. The van der Waals surface area contributed by atoms with Crippen molar-refractivity contribution in [2.75, 3.05) is 4.90 Å². The van der Waals surface area contributed by atoms with Crippen LogP contribution in [-0.2, 0) is 4.79 Å². The van der Waals surface area contributed by atoms with Gasteiger partial charge in [0.05, 0.1) is 26.5 Å². The Labute approximate surface area is 200 Å². The Morgan fingerprint density at radius 1 is 0.941 bits per heavy atom. The summed E-state index contributed by atoms with van der Waals surface area (Å²) in [5, 5.41) is 22.1. The number of carbonyl (C=O) groups excluding carboxylic acids is 2. The van der Waals surface area contributed by atoms with E-state index in [0.29, 0.717) is 16.3 Å². The summed E-state index contributed by atoms with van der Waals surface area (Å²) in [4.78, 5) is 47.2. The van der Waals surface area contributed by atoms with Gasteiger partial charge in [0.25, 0.3) is 16.8 Å². The van der Waals surface area contributed by atoms with E-state index in [9.17, 15) is 29.8 Å². The topological polar surface area (TPSA) is 133 Å². The second-order valence-electron chi connectivity index (χ2n) is 6.84. The normalized spacial score (nSPS) is 14.5. The second kappa shape index (κ2) is 9.33. The van der Waals surface area contributed by atoms with Gasteiger partial charge in [0.2, 0.25) is 5.75 Å². The van der Waals surface area contributed by atoms with Gasteiger partial charge in [-0.2, -0.15) is 0 Å². The lowest BCUT2D eigenvalue weighted by molar-refractivity contribution is -0.394. The van der Waals surface area contributed by atoms with Crippen LogP contribution in [0.3, 0.4) is 0 Å². The Hall–Kier alpha value is -4.22. The van der Waals surface area contributed by atoms with E-state index >= 15 is 0 Å². The van der Waals surface area contributed by atoms with Crippen molar-refractivity contribution in [2.45, 2.75) is 0 Å². The summed E-state index contributed by atoms with van der Waals surface area (Å²) in [6, 6.07) is 15.7. The number of non-ortho nitro benzene ring substituents is 1. The van der Waals surface area contributed by atoms with Crippen LogP contribution < -0.4 is 9.64 Å². The molecule has 0 radical (unpaired) electrons. The Kier molecular flexibility index (Phi) is 6.30. The van der Waals surface area contributed by atoms with Gasteiger partial charge in [0, 0.05) is 11.1 Å². The fourth-order valence-corrected chi connectivity index (χ4v) is 4.13. The number of amides is 2. The van der Waals surface area contributed by atoms with Gasteiger partial charge in [-0.1, -0.05) is 29.8 Å². The largest absolute Gasteiger partial charge is 0.450 e. The number of benzene rings is 3. The molecule has 0 atom stereocenters. The molecule has 2 amide bonds. The molecule has 34 heavy (non-hydrogen) atoms. The van der Waals surface area contributed by atoms with Gasteiger partial charge in [0.15, 0.2) is 0 Å². The molecule has 0 spiro atoms. The quantitative estimate of drug-likeness (QED) is 0.223. The van der Waals surface area contributed by atoms with Gasteiger partial charge in [-0.3, -0.25) is 29.8 Å². The average molecular weight is 498 g/mol. The summed E-state index contributed by atoms with van der Waals surface area (Å²) in [6.07, 6.45) is 1.49. The maximum Gasteiger partial charge on any atom is 0.318 e. The molecule has 4 rings (SSSR count). The molecule has 170 valence electrons. The molecule has 3 aromatic carbocycles. The predicted octanol–water partition coefficient (Wildman–Crippen LogP) is 6.19. The third kappa shape index (κ3) is 4.75. The molecule has 10 nitrogen and oxygen atoms in total. The Balaban J connectivity index is 1.60. The van der Waals surface area contributed by atoms with Crippen LogP contribution in [0.1, 0.15) is 5.56 Å². The van der Waals surface area contributed by atoms with Gasteiger partial charge in [-0.15, -0.1) is 0 Å². The highest BCUT2D eigenvalue weighted by Crippen LogP contribution is 2.38. The number of carbonyl (C=O) groups is 2. The number of rotatable bonds is 6. The molecular weight excluding hydrogens is 486 g/mol. The summed E-state index contributed by atoms with van der Waals surface area (Å²) >= 11 is 6.72. The highest BCUT2D eigenvalue weighted by Gasteiger charge is 2.36. The monoisotopic (exact) mass is 497 g/mol. The zero-order valence-electron chi connectivity index (χ0n) is 16.9. The molecule has 1 saturated heterocycles. The van der Waals surface area contributed by atoms with Gasteiger partial charge in [-0.25, -0.2) is 4.90 Å². The Morgan fingerprint density at radius 2 is 1.71 bits per heavy atom. The average Bonchev–Trinajstić information content (AvgIpc) is 3.06. The first kappa shape index (κ1) is 23.0. The number of thioether (sulfide) groups is 1. The maximum absolute atomic E-state index is 12.8. The number of anilines is 1. The third-order valence-corrected chi connectivity index (χ3v) is 5.70. The smallest absolute Gasteiger partial charge is 0.318 e. The van der Waals surface area contributed by atoms with Crippen LogP contribution in [0.2, 0.25) is 5.02 Å². The number of halogens is 1. The van der Waals surface area contributed by atoms with Crippen molar-refractivity contribution in [1.82, 2.24) is 0 Å². The van der Waals surface area contributed by atoms with Crippen molar-refractivity contribution in [2.24, 2.45) is 0 Å². The van der Waals surface area contributed by atoms with Crippen molar-refractivity contribution in [3.63, 3.8) is 0 Å². The first-order valence-electron chi connectivity index (χ1n) is 9.47. The number of nitrogens with zero attached hydrogens (tertiary/aromatic N) is 3. The van der Waals surface area contributed by atoms with Crippen LogP contribution in [0.4, 0.5) is 21.9 Å². The first-order valence-corrected chi connectivity index (χ1v) is 10.7. The van der Waals surface area contributed by atoms with E-state index in [0.717, 1.165) is 34.9 Å². The van der Waals surface area contributed by atoms with Crippen LogP contribution in [0.25, 0.3) is 6.08 Å². The SMILES string of the molecule is O=C1S/C(=C\c2cccc(Oc3ccc([N+](=O)[O-])cc3[N+](=O)[O-])c2)C(=O)N1c1cccc(Cl)c1. The summed E-state index contributed by atoms with van der Waals surface area (Å²) in [7, 11) is 0. The molecule has 1 fully saturated rings. The summed E-state index contributed by atoms with van der Waals surface area (Å²) in [5.74, 6) is -0.511. The number of ether oxygens (including phenoxy) is 1. The highest BCUT2D eigenvalue weighted by atomic mass is 35.5. The summed E-state index contributed by atoms with van der Waals surface area (Å²) in [5.41, 5.74) is -0.162. The standard InChI is InChI=1S/C22H12ClN3O7S/c23-14-4-2-5-15(11-14)24-21(27)20(34-22(24)28)10-13-3-1-6-17(9-13)33-19-8-7-16(25(29)30)12-18(19)26(31)32/h1-12H/b20-10-. The number of nitro groups is 2. The molecular formula is C22H12ClN3O7S. The molecule has 0 aromatic heterocycles. The molecule has 1 heterocycles. The molecule has 0 N–H and O–H groups in total. The summed E-state index contributed by atoms with van der Waals surface area (Å²) < 4.78 is 5.58. The van der Waals surface area contributed by atoms with Gasteiger partial charge in [0.1, 0.15) is 5.75 Å². The van der Waals surface area contributed by atoms with E-state index in [2.05, 4.69) is 0 Å². The fraction of sp³-hybridized carbons (Fsp3) is 0. The van der Waals surface area contributed by atoms with Gasteiger partial charge in [-0.05, 0) is 59.8 Å². The first-order chi connectivity index (χ1) is 16.2. The Bertz CT molecular complexity index is 1390. The maximum atomic E-state index is 12.8. The van der Waals surface area contributed by atoms with Crippen molar-refractivity contribution in [3.8, 4) is 11.5 Å². The van der Waals surface area contributed by atoms with E-state index in [1.807, 2.05) is 0 Å². The van der Waals surface area contributed by atoms with Crippen LogP contribution in [0.15, 0.2) is 71.6 Å². The number of nitro benzene ring substituents is 2. The molecule has 0 unspecified atom stereocenters. The van der Waals surface area contributed by atoms with Crippen LogP contribution >= 0.6 is 23.4 Å². The number of hydrogen-bond donors (Lipinski definition) is 0. The molecule has 0 bridgehead atoms. The lowest BCUT2D eigenvalue weighted by Crippen LogP contribution is -2.27. The van der Waals surface area contributed by atoms with Crippen molar-refractivity contribution in [1.29, 1.82) is 0 Å². The van der Waals surface area contributed by atoms with Crippen molar-refractivity contribution in [3.05, 3.63) is 102 Å². The minimum absolute atomic E-state index is 0.170. The lowest BCUT2D eigenvalue weighted by atomic mass is 10.2. The minimum atomic E-state index is -0.780. The molecule has 0 saturated carbocycles. The third-order valence-electron chi connectivity index (χ3n) is 4.59. The zero-order valence-corrected chi connectivity index (χ0v) is 18.5. The number of hydrogen-bond acceptors (Lipinski definition) is 8. The van der Waals surface area contributed by atoms with E-state index in [4.69, 9.17) is 16.3 Å². The minimum Gasteiger partial charge on any atom is -0.450 e. The highest BCUT2D eigenvalue weighted by molar-refractivity contribution is 8.19. The predicted molar refractivity (Wildman–Crippen MR) is 126 cm³/mol. The van der Waals surface area contributed by atoms with Crippen LogP contribution in [0, 0.1) is 20.2 Å². The van der Waals surface area contributed by atoms with Crippen LogP contribution in [-0.4, -0.2) is 21.0 Å². The van der Waals surface area contributed by atoms with Gasteiger partial charge < -0.3 is 4.74 Å². The van der Waals surface area contributed by atoms with E-state index in [1.54, 1.807) is 30.3 Å². The van der Waals surface area contributed by atoms with E-state index in [-0.39, 0.29) is 16.4 Å². The van der Waals surface area contributed by atoms with E-state index < -0.39 is 32.4 Å². The van der Waals surface area contributed by atoms with Crippen LogP contribution in [0.5, 0.6) is 11.5 Å². The molecule has 1 aliphatic rings. The summed E-state index contributed by atoms with van der Waals surface area (Å²) in [6.45, 7) is 0.